The van der Waals surface area contributed by atoms with E-state index < -0.39 is 0 Å². The molecule has 5 heteroatoms. The van der Waals surface area contributed by atoms with E-state index in [1.807, 2.05) is 26.2 Å². The molecule has 140 valence electrons. The molecule has 0 aliphatic carbocycles. The van der Waals surface area contributed by atoms with Crippen LogP contribution < -0.4 is 0 Å². The van der Waals surface area contributed by atoms with Gasteiger partial charge >= 0.3 is 0 Å². The summed E-state index contributed by atoms with van der Waals surface area (Å²) in [7, 11) is 0. The maximum absolute atomic E-state index is 13.3. The van der Waals surface area contributed by atoms with Crippen LogP contribution in [0.15, 0.2) is 12.4 Å². The Labute approximate surface area is 155 Å². The topological polar surface area (TPSA) is 52.7 Å². The molecule has 0 amide bonds. The van der Waals surface area contributed by atoms with E-state index in [0.717, 1.165) is 36.1 Å². The number of hydrogen-bond acceptors (Lipinski definition) is 3. The van der Waals surface area contributed by atoms with Gasteiger partial charge < -0.3 is 9.13 Å². The molecule has 5 nitrogen and oxygen atoms in total. The SMILES string of the molecule is CC1CCCn2c(C(C)C(=O)C(C)c3cnc4n3CCCC4C)cnc21. The van der Waals surface area contributed by atoms with Crippen LogP contribution in [0.2, 0.25) is 0 Å². The summed E-state index contributed by atoms with van der Waals surface area (Å²) in [6.07, 6.45) is 8.58. The van der Waals surface area contributed by atoms with Gasteiger partial charge in [0.1, 0.15) is 17.4 Å². The second kappa shape index (κ2) is 6.67. The fourth-order valence-corrected chi connectivity index (χ4v) is 4.81. The van der Waals surface area contributed by atoms with Crippen molar-refractivity contribution < 1.29 is 4.79 Å². The number of Topliss-reactive ketones (excluding diaryl/α,β-unsaturated/α-hetero) is 1. The third kappa shape index (κ3) is 2.72. The average Bonchev–Trinajstić information content (AvgIpc) is 3.26. The minimum atomic E-state index is -0.135. The number of rotatable bonds is 4. The summed E-state index contributed by atoms with van der Waals surface area (Å²) in [5.41, 5.74) is 2.16. The highest BCUT2D eigenvalue weighted by molar-refractivity contribution is 5.90. The molecule has 0 bridgehead atoms. The molecule has 0 spiro atoms. The molecule has 2 aromatic rings. The van der Waals surface area contributed by atoms with Gasteiger partial charge in [-0.2, -0.15) is 0 Å². The number of ketones is 1. The van der Waals surface area contributed by atoms with E-state index in [4.69, 9.17) is 0 Å². The van der Waals surface area contributed by atoms with Gasteiger partial charge in [0.05, 0.1) is 11.8 Å². The lowest BCUT2D eigenvalue weighted by atomic mass is 9.90. The van der Waals surface area contributed by atoms with Crippen LogP contribution in [0.25, 0.3) is 0 Å². The number of aromatic nitrogens is 4. The first-order valence-corrected chi connectivity index (χ1v) is 10.1. The number of carbonyl (C=O) groups is 1. The summed E-state index contributed by atoms with van der Waals surface area (Å²) < 4.78 is 4.58. The van der Waals surface area contributed by atoms with Crippen LogP contribution in [-0.4, -0.2) is 24.9 Å². The van der Waals surface area contributed by atoms with Crippen LogP contribution >= 0.6 is 0 Å². The smallest absolute Gasteiger partial charge is 0.150 e. The van der Waals surface area contributed by atoms with E-state index in [9.17, 15) is 4.79 Å². The van der Waals surface area contributed by atoms with Crippen molar-refractivity contribution in [3.8, 4) is 0 Å². The molecule has 0 saturated heterocycles. The van der Waals surface area contributed by atoms with Crippen LogP contribution in [0.3, 0.4) is 0 Å². The summed E-state index contributed by atoms with van der Waals surface area (Å²) in [4.78, 5) is 22.6. The molecule has 2 aliphatic heterocycles. The van der Waals surface area contributed by atoms with Gasteiger partial charge in [-0.3, -0.25) is 4.79 Å². The van der Waals surface area contributed by atoms with Gasteiger partial charge in [0, 0.05) is 48.7 Å². The third-order valence-electron chi connectivity index (χ3n) is 6.49. The summed E-state index contributed by atoms with van der Waals surface area (Å²) >= 11 is 0. The number of hydrogen-bond donors (Lipinski definition) is 0. The van der Waals surface area contributed by atoms with Gasteiger partial charge in [0.2, 0.25) is 0 Å². The monoisotopic (exact) mass is 354 g/mol. The van der Waals surface area contributed by atoms with Gasteiger partial charge in [-0.25, -0.2) is 9.97 Å². The molecule has 0 fully saturated rings. The van der Waals surface area contributed by atoms with Gasteiger partial charge in [-0.1, -0.05) is 13.8 Å². The summed E-state index contributed by atoms with van der Waals surface area (Å²) in [5.74, 6) is 3.27. The van der Waals surface area contributed by atoms with Crippen molar-refractivity contribution in [1.29, 1.82) is 0 Å². The molecule has 4 rings (SSSR count). The predicted octanol–water partition coefficient (Wildman–Crippen LogP) is 4.35. The molecule has 4 atom stereocenters. The van der Waals surface area contributed by atoms with Crippen molar-refractivity contribution in [2.75, 3.05) is 0 Å². The lowest BCUT2D eigenvalue weighted by Gasteiger charge is -2.26. The predicted molar refractivity (Wildman–Crippen MR) is 102 cm³/mol. The zero-order chi connectivity index (χ0) is 18.4. The van der Waals surface area contributed by atoms with Crippen molar-refractivity contribution >= 4 is 5.78 Å². The largest absolute Gasteiger partial charge is 0.331 e. The number of fused-ring (bicyclic) bond motifs is 2. The van der Waals surface area contributed by atoms with Crippen molar-refractivity contribution in [2.45, 2.75) is 90.1 Å². The highest BCUT2D eigenvalue weighted by Gasteiger charge is 2.31. The fourth-order valence-electron chi connectivity index (χ4n) is 4.81. The summed E-state index contributed by atoms with van der Waals surface area (Å²) in [6.45, 7) is 10.5. The molecular weight excluding hydrogens is 324 g/mol. The first-order valence-electron chi connectivity index (χ1n) is 10.1. The second-order valence-electron chi connectivity index (χ2n) is 8.32. The summed E-state index contributed by atoms with van der Waals surface area (Å²) in [5, 5.41) is 0. The first-order chi connectivity index (χ1) is 12.5. The molecule has 0 radical (unpaired) electrons. The molecule has 0 aromatic carbocycles. The van der Waals surface area contributed by atoms with E-state index in [0.29, 0.717) is 11.8 Å². The van der Waals surface area contributed by atoms with E-state index in [2.05, 4.69) is 32.9 Å². The molecule has 26 heavy (non-hydrogen) atoms. The van der Waals surface area contributed by atoms with Gasteiger partial charge in [0.25, 0.3) is 0 Å². The normalized spacial score (nSPS) is 24.6. The van der Waals surface area contributed by atoms with Crippen LogP contribution in [0.4, 0.5) is 0 Å². The van der Waals surface area contributed by atoms with Crippen LogP contribution in [0, 0.1) is 0 Å². The Morgan fingerprint density at radius 1 is 0.923 bits per heavy atom. The Morgan fingerprint density at radius 3 is 1.77 bits per heavy atom. The van der Waals surface area contributed by atoms with Crippen LogP contribution in [-0.2, 0) is 17.9 Å². The first kappa shape index (κ1) is 17.5. The molecular formula is C21H30N4O. The minimum Gasteiger partial charge on any atom is -0.331 e. The standard InChI is InChI=1S/C21H30N4O/c1-13-7-5-9-24-17(11-22-20(13)24)15(3)19(26)16(4)18-12-23-21-14(2)8-6-10-25(18)21/h11-16H,5-10H2,1-4H3. The zero-order valence-electron chi connectivity index (χ0n) is 16.4. The molecule has 0 N–H and O–H groups in total. The Morgan fingerprint density at radius 2 is 1.35 bits per heavy atom. The lowest BCUT2D eigenvalue weighted by molar-refractivity contribution is -0.121. The van der Waals surface area contributed by atoms with Gasteiger partial charge in [0.15, 0.2) is 0 Å². The number of carbonyl (C=O) groups excluding carboxylic acids is 1. The Bertz CT molecular complexity index is 752. The Balaban J connectivity index is 1.60. The van der Waals surface area contributed by atoms with E-state index in [1.54, 1.807) is 0 Å². The van der Waals surface area contributed by atoms with Crippen molar-refractivity contribution in [1.82, 2.24) is 19.1 Å². The second-order valence-corrected chi connectivity index (χ2v) is 8.32. The highest BCUT2D eigenvalue weighted by atomic mass is 16.1. The molecule has 4 heterocycles. The van der Waals surface area contributed by atoms with Crippen molar-refractivity contribution in [3.63, 3.8) is 0 Å². The Hall–Kier alpha value is -1.91. The maximum Gasteiger partial charge on any atom is 0.150 e. The molecule has 2 aliphatic rings. The molecule has 4 unspecified atom stereocenters. The summed E-state index contributed by atoms with van der Waals surface area (Å²) in [6, 6.07) is 0. The number of imidazole rings is 2. The Kier molecular flexibility index (Phi) is 4.49. The number of nitrogens with zero attached hydrogens (tertiary/aromatic N) is 4. The van der Waals surface area contributed by atoms with E-state index >= 15 is 0 Å². The lowest BCUT2D eigenvalue weighted by Crippen LogP contribution is -2.24. The average molecular weight is 354 g/mol. The van der Waals surface area contributed by atoms with Gasteiger partial charge in [-0.15, -0.1) is 0 Å². The maximum atomic E-state index is 13.3. The minimum absolute atomic E-state index is 0.135. The highest BCUT2D eigenvalue weighted by Crippen LogP contribution is 2.34. The third-order valence-corrected chi connectivity index (χ3v) is 6.49. The zero-order valence-corrected chi connectivity index (χ0v) is 16.4. The van der Waals surface area contributed by atoms with Crippen molar-refractivity contribution in [3.05, 3.63) is 35.4 Å². The molecule has 0 saturated carbocycles. The van der Waals surface area contributed by atoms with E-state index in [1.165, 1.54) is 25.7 Å². The quantitative estimate of drug-likeness (QED) is 0.820. The van der Waals surface area contributed by atoms with Gasteiger partial charge in [-0.05, 0) is 39.5 Å². The van der Waals surface area contributed by atoms with Crippen LogP contribution in [0.5, 0.6) is 0 Å². The molecule has 2 aromatic heterocycles. The van der Waals surface area contributed by atoms with Crippen LogP contribution in [0.1, 0.15) is 100 Å². The van der Waals surface area contributed by atoms with Crippen molar-refractivity contribution in [2.24, 2.45) is 0 Å². The fraction of sp³-hybridized carbons (Fsp3) is 0.667. The van der Waals surface area contributed by atoms with E-state index in [-0.39, 0.29) is 17.6 Å².